The maximum absolute atomic E-state index is 6.03. The smallest absolute Gasteiger partial charge is 0.223 e. The third kappa shape index (κ3) is 3.64. The Labute approximate surface area is 175 Å². The van der Waals surface area contributed by atoms with Gasteiger partial charge in [0.1, 0.15) is 5.65 Å². The number of fused-ring (bicyclic) bond motifs is 1. The molecule has 0 radical (unpaired) electrons. The van der Waals surface area contributed by atoms with E-state index in [1.807, 2.05) is 37.6 Å². The Morgan fingerprint density at radius 1 is 1.00 bits per heavy atom. The van der Waals surface area contributed by atoms with E-state index in [-0.39, 0.29) is 0 Å². The quantitative estimate of drug-likeness (QED) is 0.541. The molecule has 0 atom stereocenters. The van der Waals surface area contributed by atoms with Crippen LogP contribution in [0.3, 0.4) is 0 Å². The predicted octanol–water partition coefficient (Wildman–Crippen LogP) is 3.84. The molecule has 0 amide bonds. The summed E-state index contributed by atoms with van der Waals surface area (Å²) in [5, 5.41) is 3.50. The van der Waals surface area contributed by atoms with E-state index in [4.69, 9.17) is 10.7 Å². The lowest BCUT2D eigenvalue weighted by Gasteiger charge is -2.26. The molecule has 0 spiro atoms. The van der Waals surface area contributed by atoms with Gasteiger partial charge in [-0.3, -0.25) is 9.38 Å². The Balaban J connectivity index is 1.50. The summed E-state index contributed by atoms with van der Waals surface area (Å²) in [7, 11) is 0. The molecule has 1 saturated carbocycles. The van der Waals surface area contributed by atoms with Crippen LogP contribution < -0.4 is 11.1 Å². The normalized spacial score (nSPS) is 19.1. The monoisotopic (exact) mass is 399 g/mol. The summed E-state index contributed by atoms with van der Waals surface area (Å²) in [5.41, 5.74) is 11.9. The summed E-state index contributed by atoms with van der Waals surface area (Å²) in [6, 6.07) is 8.78. The molecule has 7 nitrogen and oxygen atoms in total. The molecule has 5 rings (SSSR count). The van der Waals surface area contributed by atoms with Crippen LogP contribution in [-0.4, -0.2) is 36.4 Å². The van der Waals surface area contributed by atoms with E-state index in [0.29, 0.717) is 18.0 Å². The van der Waals surface area contributed by atoms with Crippen molar-refractivity contribution in [2.75, 3.05) is 5.32 Å². The highest BCUT2D eigenvalue weighted by Crippen LogP contribution is 2.27. The minimum Gasteiger partial charge on any atom is -0.351 e. The van der Waals surface area contributed by atoms with Crippen molar-refractivity contribution in [2.24, 2.45) is 5.73 Å². The van der Waals surface area contributed by atoms with Gasteiger partial charge < -0.3 is 11.1 Å². The maximum atomic E-state index is 6.03. The summed E-state index contributed by atoms with van der Waals surface area (Å²) >= 11 is 0. The Morgan fingerprint density at radius 2 is 1.87 bits per heavy atom. The number of anilines is 1. The molecule has 152 valence electrons. The van der Waals surface area contributed by atoms with Gasteiger partial charge in [0.2, 0.25) is 5.95 Å². The van der Waals surface area contributed by atoms with Crippen LogP contribution in [0.4, 0.5) is 5.95 Å². The number of pyridine rings is 2. The Morgan fingerprint density at radius 3 is 2.67 bits per heavy atom. The van der Waals surface area contributed by atoms with Gasteiger partial charge in [-0.1, -0.05) is 6.07 Å². The molecule has 0 saturated heterocycles. The van der Waals surface area contributed by atoms with Crippen LogP contribution in [0.25, 0.3) is 28.2 Å². The minimum atomic E-state index is 0.324. The lowest BCUT2D eigenvalue weighted by Crippen LogP contribution is -2.33. The molecule has 3 N–H and O–H groups in total. The molecule has 7 heteroatoms. The van der Waals surface area contributed by atoms with E-state index in [9.17, 15) is 0 Å². The van der Waals surface area contributed by atoms with Gasteiger partial charge in [-0.25, -0.2) is 15.0 Å². The number of hydrogen-bond acceptors (Lipinski definition) is 6. The number of aryl methyl sites for hydroxylation is 1. The number of rotatable bonds is 4. The first-order valence-electron chi connectivity index (χ1n) is 10.4. The number of nitrogens with zero attached hydrogens (tertiary/aromatic N) is 5. The predicted molar refractivity (Wildman–Crippen MR) is 118 cm³/mol. The second-order valence-corrected chi connectivity index (χ2v) is 8.01. The maximum Gasteiger partial charge on any atom is 0.223 e. The zero-order valence-electron chi connectivity index (χ0n) is 17.0. The van der Waals surface area contributed by atoms with Crippen LogP contribution in [0.1, 0.15) is 31.2 Å². The van der Waals surface area contributed by atoms with Crippen molar-refractivity contribution in [1.29, 1.82) is 0 Å². The van der Waals surface area contributed by atoms with Crippen LogP contribution in [0.2, 0.25) is 0 Å². The van der Waals surface area contributed by atoms with E-state index < -0.39 is 0 Å². The Bertz CT molecular complexity index is 1160. The molecule has 0 bridgehead atoms. The van der Waals surface area contributed by atoms with Gasteiger partial charge in [0, 0.05) is 48.0 Å². The third-order valence-corrected chi connectivity index (χ3v) is 5.82. The van der Waals surface area contributed by atoms with E-state index in [1.54, 1.807) is 6.20 Å². The van der Waals surface area contributed by atoms with E-state index in [0.717, 1.165) is 59.4 Å². The van der Waals surface area contributed by atoms with Gasteiger partial charge in [0.05, 0.1) is 17.6 Å². The third-order valence-electron chi connectivity index (χ3n) is 5.82. The van der Waals surface area contributed by atoms with Crippen LogP contribution in [0.15, 0.2) is 55.2 Å². The summed E-state index contributed by atoms with van der Waals surface area (Å²) in [5.74, 6) is 0.662. The van der Waals surface area contributed by atoms with E-state index in [2.05, 4.69) is 43.0 Å². The van der Waals surface area contributed by atoms with Crippen molar-refractivity contribution in [3.8, 4) is 22.5 Å². The van der Waals surface area contributed by atoms with Crippen molar-refractivity contribution in [3.63, 3.8) is 0 Å². The number of aromatic nitrogens is 5. The van der Waals surface area contributed by atoms with Gasteiger partial charge in [-0.2, -0.15) is 0 Å². The average Bonchev–Trinajstić information content (AvgIpc) is 3.20. The second-order valence-electron chi connectivity index (χ2n) is 8.01. The molecule has 0 aliphatic heterocycles. The lowest BCUT2D eigenvalue weighted by atomic mass is 9.92. The number of nitrogens with two attached hydrogens (primary N) is 1. The van der Waals surface area contributed by atoms with Crippen molar-refractivity contribution in [2.45, 2.75) is 44.7 Å². The molecule has 4 aromatic heterocycles. The average molecular weight is 400 g/mol. The molecule has 1 fully saturated rings. The summed E-state index contributed by atoms with van der Waals surface area (Å²) in [4.78, 5) is 18.2. The van der Waals surface area contributed by atoms with Gasteiger partial charge in [0.15, 0.2) is 0 Å². The highest BCUT2D eigenvalue weighted by Gasteiger charge is 2.20. The first-order chi connectivity index (χ1) is 14.7. The second kappa shape index (κ2) is 7.84. The zero-order chi connectivity index (χ0) is 20.5. The molecular weight excluding hydrogens is 374 g/mol. The lowest BCUT2D eigenvalue weighted by molar-refractivity contribution is 0.410. The number of imidazole rings is 1. The van der Waals surface area contributed by atoms with Crippen molar-refractivity contribution >= 4 is 11.6 Å². The molecule has 0 unspecified atom stereocenters. The molecule has 4 heterocycles. The van der Waals surface area contributed by atoms with Gasteiger partial charge >= 0.3 is 0 Å². The summed E-state index contributed by atoms with van der Waals surface area (Å²) in [6.07, 6.45) is 13.7. The molecule has 0 aromatic carbocycles. The molecule has 30 heavy (non-hydrogen) atoms. The first kappa shape index (κ1) is 18.7. The molecular formula is C23H25N7. The molecule has 1 aliphatic rings. The first-order valence-corrected chi connectivity index (χ1v) is 10.4. The summed E-state index contributed by atoms with van der Waals surface area (Å²) < 4.78 is 2.08. The fourth-order valence-electron chi connectivity index (χ4n) is 4.08. The highest BCUT2D eigenvalue weighted by atomic mass is 15.1. The minimum absolute atomic E-state index is 0.324. The fourth-order valence-corrected chi connectivity index (χ4v) is 4.08. The van der Waals surface area contributed by atoms with Gasteiger partial charge in [0.25, 0.3) is 0 Å². The van der Waals surface area contributed by atoms with E-state index >= 15 is 0 Å². The highest BCUT2D eigenvalue weighted by molar-refractivity contribution is 5.68. The SMILES string of the molecule is Cc1cnc(N[C@H]2CC[C@H](N)CC2)nc1-c1cnc2ccc(-c3cccnc3)cn12. The molecule has 1 aliphatic carbocycles. The summed E-state index contributed by atoms with van der Waals surface area (Å²) in [6.45, 7) is 2.03. The van der Waals surface area contributed by atoms with Crippen LogP contribution >= 0.6 is 0 Å². The van der Waals surface area contributed by atoms with Crippen LogP contribution in [0.5, 0.6) is 0 Å². The van der Waals surface area contributed by atoms with Gasteiger partial charge in [-0.15, -0.1) is 0 Å². The standard InChI is InChI=1S/C23H25N7/c1-15-11-27-23(28-19-7-5-18(24)6-8-19)29-22(15)20-13-26-21-9-4-17(14-30(20)21)16-3-2-10-25-12-16/h2-4,9-14,18-19H,5-8,24H2,1H3,(H,27,28,29)/t18-,19-. The Kier molecular flexibility index (Phi) is 4.88. The van der Waals surface area contributed by atoms with Crippen LogP contribution in [0, 0.1) is 6.92 Å². The van der Waals surface area contributed by atoms with Crippen molar-refractivity contribution in [3.05, 3.63) is 60.8 Å². The Hall–Kier alpha value is -3.32. The molecule has 4 aromatic rings. The van der Waals surface area contributed by atoms with Crippen molar-refractivity contribution < 1.29 is 0 Å². The zero-order valence-corrected chi connectivity index (χ0v) is 17.0. The number of nitrogens with one attached hydrogen (secondary N) is 1. The topological polar surface area (TPSA) is 94.0 Å². The fraction of sp³-hybridized carbons (Fsp3) is 0.304. The van der Waals surface area contributed by atoms with Gasteiger partial charge in [-0.05, 0) is 56.4 Å². The van der Waals surface area contributed by atoms with Crippen LogP contribution in [-0.2, 0) is 0 Å². The van der Waals surface area contributed by atoms with E-state index in [1.165, 1.54) is 0 Å². The largest absolute Gasteiger partial charge is 0.351 e. The van der Waals surface area contributed by atoms with Crippen molar-refractivity contribution in [1.82, 2.24) is 24.3 Å². The number of hydrogen-bond donors (Lipinski definition) is 2.